The van der Waals surface area contributed by atoms with E-state index in [2.05, 4.69) is 23.9 Å². The number of benzene rings is 1. The minimum Gasteiger partial charge on any atom is -0.459 e. The lowest BCUT2D eigenvalue weighted by atomic mass is 10.2. The van der Waals surface area contributed by atoms with Crippen LogP contribution in [0.2, 0.25) is 0 Å². The first-order valence-corrected chi connectivity index (χ1v) is 9.49. The lowest BCUT2D eigenvalue weighted by Crippen LogP contribution is -2.22. The second-order valence-corrected chi connectivity index (χ2v) is 7.32. The summed E-state index contributed by atoms with van der Waals surface area (Å²) in [5.74, 6) is 0.861. The second-order valence-electron chi connectivity index (χ2n) is 6.39. The molecule has 134 valence electrons. The van der Waals surface area contributed by atoms with Crippen molar-refractivity contribution in [2.45, 2.75) is 32.7 Å². The fourth-order valence-corrected chi connectivity index (χ4v) is 3.91. The number of furan rings is 1. The summed E-state index contributed by atoms with van der Waals surface area (Å²) in [5, 5.41) is 6.27. The number of hydrogen-bond donors (Lipinski definition) is 0. The molecule has 0 aliphatic heterocycles. The van der Waals surface area contributed by atoms with E-state index in [4.69, 9.17) is 4.42 Å². The van der Waals surface area contributed by atoms with Crippen molar-refractivity contribution >= 4 is 32.4 Å². The Kier molecular flexibility index (Phi) is 4.24. The number of para-hydroxylation sites is 1. The smallest absolute Gasteiger partial charge is 0.275 e. The summed E-state index contributed by atoms with van der Waals surface area (Å²) in [5.41, 5.74) is 1.56. The van der Waals surface area contributed by atoms with Crippen molar-refractivity contribution in [2.24, 2.45) is 0 Å². The van der Waals surface area contributed by atoms with Crippen LogP contribution in [0.25, 0.3) is 15.9 Å². The summed E-state index contributed by atoms with van der Waals surface area (Å²) in [6, 6.07) is 11.6. The third-order valence-corrected chi connectivity index (χ3v) is 5.53. The average Bonchev–Trinajstić information content (AvgIpc) is 3.25. The van der Waals surface area contributed by atoms with Crippen LogP contribution < -0.4 is 10.5 Å². The Morgan fingerprint density at radius 1 is 1.31 bits per heavy atom. The molecule has 0 fully saturated rings. The van der Waals surface area contributed by atoms with Crippen LogP contribution in [0.15, 0.2) is 45.6 Å². The van der Waals surface area contributed by atoms with Gasteiger partial charge in [-0.25, -0.2) is 4.98 Å². The van der Waals surface area contributed by atoms with Crippen LogP contribution in [0.3, 0.4) is 0 Å². The first-order valence-electron chi connectivity index (χ1n) is 8.68. The highest BCUT2D eigenvalue weighted by atomic mass is 32.1. The maximum Gasteiger partial charge on any atom is 0.275 e. The van der Waals surface area contributed by atoms with Crippen molar-refractivity contribution in [1.82, 2.24) is 14.6 Å². The van der Waals surface area contributed by atoms with Gasteiger partial charge in [-0.2, -0.15) is 4.52 Å². The zero-order valence-corrected chi connectivity index (χ0v) is 15.8. The minimum atomic E-state index is -0.134. The third kappa shape index (κ3) is 2.88. The van der Waals surface area contributed by atoms with Crippen molar-refractivity contribution in [2.75, 3.05) is 11.9 Å². The Bertz CT molecular complexity index is 1090. The van der Waals surface area contributed by atoms with Crippen LogP contribution in [0.1, 0.15) is 37.8 Å². The van der Waals surface area contributed by atoms with Crippen LogP contribution in [0.4, 0.5) is 5.13 Å². The predicted molar refractivity (Wildman–Crippen MR) is 104 cm³/mol. The van der Waals surface area contributed by atoms with Gasteiger partial charge in [-0.05, 0) is 25.5 Å². The predicted octanol–water partition coefficient (Wildman–Crippen LogP) is 4.05. The van der Waals surface area contributed by atoms with E-state index in [1.807, 2.05) is 42.3 Å². The molecule has 0 aliphatic rings. The zero-order valence-electron chi connectivity index (χ0n) is 15.0. The van der Waals surface area contributed by atoms with E-state index in [0.717, 1.165) is 40.4 Å². The van der Waals surface area contributed by atoms with Gasteiger partial charge in [-0.15, -0.1) is 5.10 Å². The lowest BCUT2D eigenvalue weighted by Gasteiger charge is -2.21. The molecule has 0 spiro atoms. The van der Waals surface area contributed by atoms with E-state index in [-0.39, 0.29) is 11.6 Å². The summed E-state index contributed by atoms with van der Waals surface area (Å²) in [6.45, 7) is 4.13. The van der Waals surface area contributed by atoms with Crippen LogP contribution >= 0.6 is 11.3 Å². The van der Waals surface area contributed by atoms with Crippen molar-refractivity contribution in [3.05, 3.63) is 58.2 Å². The molecule has 6 nitrogen and oxygen atoms in total. The fourth-order valence-electron chi connectivity index (χ4n) is 2.94. The number of fused-ring (bicyclic) bond motifs is 2. The summed E-state index contributed by atoms with van der Waals surface area (Å²) in [4.78, 5) is 19.5. The highest BCUT2D eigenvalue weighted by Gasteiger charge is 2.20. The standard InChI is InChI=1S/C19H20N4O2S/c1-4-7-14-11-17(24)23-18(20-14)26-19(21-23)22(3)12(2)16-10-13-8-5-6-9-15(13)25-16/h5-6,8-12H,4,7H2,1-3H3. The van der Waals surface area contributed by atoms with Gasteiger partial charge in [0.25, 0.3) is 5.56 Å². The van der Waals surface area contributed by atoms with Crippen molar-refractivity contribution < 1.29 is 4.42 Å². The first-order chi connectivity index (χ1) is 12.6. The summed E-state index contributed by atoms with van der Waals surface area (Å²) < 4.78 is 7.35. The third-order valence-electron chi connectivity index (χ3n) is 4.53. The normalized spacial score (nSPS) is 12.7. The van der Waals surface area contributed by atoms with Gasteiger partial charge in [-0.3, -0.25) is 4.79 Å². The molecule has 0 aliphatic carbocycles. The number of rotatable bonds is 5. The average molecular weight is 368 g/mol. The molecule has 3 aromatic heterocycles. The van der Waals surface area contributed by atoms with Gasteiger partial charge >= 0.3 is 0 Å². The monoisotopic (exact) mass is 368 g/mol. The topological polar surface area (TPSA) is 63.6 Å². The molecule has 3 heterocycles. The van der Waals surface area contributed by atoms with Gasteiger partial charge < -0.3 is 9.32 Å². The van der Waals surface area contributed by atoms with Gasteiger partial charge in [0.2, 0.25) is 10.1 Å². The molecule has 7 heteroatoms. The van der Waals surface area contributed by atoms with Gasteiger partial charge in [0.05, 0.1) is 6.04 Å². The molecule has 26 heavy (non-hydrogen) atoms. The number of hydrogen-bond acceptors (Lipinski definition) is 6. The molecular formula is C19H20N4O2S. The number of aryl methyl sites for hydroxylation is 1. The Morgan fingerprint density at radius 3 is 2.88 bits per heavy atom. The van der Waals surface area contributed by atoms with E-state index in [0.29, 0.717) is 4.96 Å². The van der Waals surface area contributed by atoms with Crippen LogP contribution in [0, 0.1) is 0 Å². The van der Waals surface area contributed by atoms with Crippen LogP contribution in [0.5, 0.6) is 0 Å². The van der Waals surface area contributed by atoms with Gasteiger partial charge in [0, 0.05) is 24.2 Å². The Labute approximate surface area is 154 Å². The SMILES string of the molecule is CCCc1cc(=O)n2nc(N(C)C(C)c3cc4ccccc4o3)sc2n1. The van der Waals surface area contributed by atoms with Crippen molar-refractivity contribution in [3.8, 4) is 0 Å². The van der Waals surface area contributed by atoms with Gasteiger partial charge in [0.1, 0.15) is 11.3 Å². The minimum absolute atomic E-state index is 0.0197. The van der Waals surface area contributed by atoms with Crippen LogP contribution in [-0.2, 0) is 6.42 Å². The van der Waals surface area contributed by atoms with Gasteiger partial charge in [0.15, 0.2) is 0 Å². The van der Waals surface area contributed by atoms with E-state index < -0.39 is 0 Å². The number of anilines is 1. The molecule has 1 aromatic carbocycles. The molecule has 4 rings (SSSR count). The molecule has 0 radical (unpaired) electrons. The summed E-state index contributed by atoms with van der Waals surface area (Å²) >= 11 is 1.41. The number of nitrogens with zero attached hydrogens (tertiary/aromatic N) is 4. The Balaban J connectivity index is 1.69. The Morgan fingerprint density at radius 2 is 2.12 bits per heavy atom. The summed E-state index contributed by atoms with van der Waals surface area (Å²) in [6.07, 6.45) is 1.75. The van der Waals surface area contributed by atoms with E-state index in [1.165, 1.54) is 15.9 Å². The molecule has 0 bridgehead atoms. The van der Waals surface area contributed by atoms with Gasteiger partial charge in [-0.1, -0.05) is 42.9 Å². The van der Waals surface area contributed by atoms with Crippen LogP contribution in [-0.4, -0.2) is 21.6 Å². The zero-order chi connectivity index (χ0) is 18.3. The molecule has 0 N–H and O–H groups in total. The van der Waals surface area contributed by atoms with Crippen molar-refractivity contribution in [3.63, 3.8) is 0 Å². The highest BCUT2D eigenvalue weighted by molar-refractivity contribution is 7.20. The molecule has 0 saturated heterocycles. The molecule has 1 unspecified atom stereocenters. The quantitative estimate of drug-likeness (QED) is 0.532. The lowest BCUT2D eigenvalue weighted by molar-refractivity contribution is 0.501. The van der Waals surface area contributed by atoms with E-state index >= 15 is 0 Å². The number of aromatic nitrogens is 3. The maximum atomic E-state index is 12.3. The molecule has 1 atom stereocenters. The van der Waals surface area contributed by atoms with Crippen molar-refractivity contribution in [1.29, 1.82) is 0 Å². The second kappa shape index (κ2) is 6.57. The van der Waals surface area contributed by atoms with E-state index in [9.17, 15) is 4.79 Å². The summed E-state index contributed by atoms with van der Waals surface area (Å²) in [7, 11) is 1.95. The van der Waals surface area contributed by atoms with E-state index in [1.54, 1.807) is 6.07 Å². The Hall–Kier alpha value is -2.67. The molecule has 0 amide bonds. The molecule has 0 saturated carbocycles. The largest absolute Gasteiger partial charge is 0.459 e. The molecule has 4 aromatic rings. The molecular weight excluding hydrogens is 348 g/mol. The fraction of sp³-hybridized carbons (Fsp3) is 0.316. The highest BCUT2D eigenvalue weighted by Crippen LogP contribution is 2.31. The first kappa shape index (κ1) is 16.8. The maximum absolute atomic E-state index is 12.3.